The van der Waals surface area contributed by atoms with Crippen molar-refractivity contribution < 1.29 is 15.0 Å². The van der Waals surface area contributed by atoms with Crippen LogP contribution in [-0.4, -0.2) is 33.4 Å². The van der Waals surface area contributed by atoms with Gasteiger partial charge in [-0.05, 0) is 36.6 Å². The monoisotopic (exact) mass is 272 g/mol. The van der Waals surface area contributed by atoms with Gasteiger partial charge >= 0.3 is 0 Å². The average molecular weight is 272 g/mol. The molecule has 1 aromatic rings. The van der Waals surface area contributed by atoms with Crippen molar-refractivity contribution in [1.29, 1.82) is 0 Å². The number of carbonyl (C=O) groups excluding carboxylic acids is 1. The number of aliphatic imine (C=N–C) groups is 1. The van der Waals surface area contributed by atoms with Gasteiger partial charge in [0.1, 0.15) is 11.5 Å². The van der Waals surface area contributed by atoms with Crippen LogP contribution < -0.4 is 0 Å². The third-order valence-corrected chi connectivity index (χ3v) is 3.61. The molecule has 0 bridgehead atoms. The van der Waals surface area contributed by atoms with Crippen LogP contribution in [0.15, 0.2) is 28.9 Å². The van der Waals surface area contributed by atoms with Crippen LogP contribution in [0.4, 0.5) is 0 Å². The van der Waals surface area contributed by atoms with Gasteiger partial charge in [-0.25, -0.2) is 4.99 Å². The zero-order valence-corrected chi connectivity index (χ0v) is 11.0. The number of rotatable bonds is 1. The fraction of sp³-hybridized carbons (Fsp3) is 0.333. The van der Waals surface area contributed by atoms with E-state index < -0.39 is 0 Å². The fourth-order valence-corrected chi connectivity index (χ4v) is 2.54. The van der Waals surface area contributed by atoms with Crippen molar-refractivity contribution >= 4 is 17.8 Å². The van der Waals surface area contributed by atoms with Crippen LogP contribution in [0.25, 0.3) is 6.08 Å². The second-order valence-electron chi connectivity index (χ2n) is 5.07. The number of nitrogens with zero attached hydrogens (tertiary/aromatic N) is 2. The third kappa shape index (κ3) is 2.27. The molecule has 0 aliphatic carbocycles. The summed E-state index contributed by atoms with van der Waals surface area (Å²) in [6.45, 7) is 0.732. The summed E-state index contributed by atoms with van der Waals surface area (Å²) in [7, 11) is 0. The highest BCUT2D eigenvalue weighted by atomic mass is 16.3. The minimum atomic E-state index is -0.202. The largest absolute Gasteiger partial charge is 0.504 e. The van der Waals surface area contributed by atoms with Crippen molar-refractivity contribution in [2.75, 3.05) is 6.54 Å². The summed E-state index contributed by atoms with van der Waals surface area (Å²) < 4.78 is 0. The Kier molecular flexibility index (Phi) is 3.18. The molecule has 2 heterocycles. The summed E-state index contributed by atoms with van der Waals surface area (Å²) in [4.78, 5) is 18.4. The summed E-state index contributed by atoms with van der Waals surface area (Å²) in [5, 5.41) is 18.8. The number of hydrogen-bond donors (Lipinski definition) is 2. The van der Waals surface area contributed by atoms with Gasteiger partial charge in [0.05, 0.1) is 0 Å². The van der Waals surface area contributed by atoms with Crippen molar-refractivity contribution in [2.24, 2.45) is 4.99 Å². The van der Waals surface area contributed by atoms with E-state index in [1.54, 1.807) is 17.0 Å². The maximum absolute atomic E-state index is 12.3. The minimum Gasteiger partial charge on any atom is -0.504 e. The summed E-state index contributed by atoms with van der Waals surface area (Å²) >= 11 is 0. The molecule has 3 rings (SSSR count). The van der Waals surface area contributed by atoms with Gasteiger partial charge in [-0.2, -0.15) is 0 Å². The number of amides is 1. The summed E-state index contributed by atoms with van der Waals surface area (Å²) in [6, 6.07) is 4.45. The maximum atomic E-state index is 12.3. The normalized spacial score (nSPS) is 20.8. The molecule has 0 unspecified atom stereocenters. The molecule has 1 aromatic carbocycles. The lowest BCUT2D eigenvalue weighted by atomic mass is 10.1. The summed E-state index contributed by atoms with van der Waals surface area (Å²) in [5.41, 5.74) is 1.04. The second-order valence-corrected chi connectivity index (χ2v) is 5.07. The van der Waals surface area contributed by atoms with E-state index >= 15 is 0 Å². The zero-order chi connectivity index (χ0) is 14.1. The number of fused-ring (bicyclic) bond motifs is 1. The Hall–Kier alpha value is -2.30. The van der Waals surface area contributed by atoms with Gasteiger partial charge in [0.25, 0.3) is 5.91 Å². The Labute approximate surface area is 116 Å². The van der Waals surface area contributed by atoms with Crippen molar-refractivity contribution in [3.8, 4) is 11.5 Å². The van der Waals surface area contributed by atoms with E-state index in [0.717, 1.165) is 38.1 Å². The molecule has 0 aromatic heterocycles. The molecule has 20 heavy (non-hydrogen) atoms. The first-order chi connectivity index (χ1) is 9.65. The molecular formula is C15H16N2O3. The van der Waals surface area contributed by atoms with Gasteiger partial charge in [0.2, 0.25) is 0 Å². The molecule has 2 N–H and O–H groups in total. The summed E-state index contributed by atoms with van der Waals surface area (Å²) in [5.74, 6) is 0.397. The number of phenolic OH excluding ortho intramolecular Hbond substituents is 2. The van der Waals surface area contributed by atoms with Crippen molar-refractivity contribution in [3.05, 3.63) is 29.5 Å². The Morgan fingerprint density at radius 2 is 2.00 bits per heavy atom. The Balaban J connectivity index is 1.92. The van der Waals surface area contributed by atoms with Crippen molar-refractivity contribution in [3.63, 3.8) is 0 Å². The van der Waals surface area contributed by atoms with E-state index in [4.69, 9.17) is 0 Å². The highest BCUT2D eigenvalue weighted by Crippen LogP contribution is 2.28. The van der Waals surface area contributed by atoms with Gasteiger partial charge in [-0.15, -0.1) is 0 Å². The van der Waals surface area contributed by atoms with E-state index in [1.165, 1.54) is 12.1 Å². The number of phenols is 2. The first-order valence-corrected chi connectivity index (χ1v) is 6.78. The number of amidine groups is 1. The van der Waals surface area contributed by atoms with E-state index in [2.05, 4.69) is 4.99 Å². The first-order valence-electron chi connectivity index (χ1n) is 6.78. The quantitative estimate of drug-likeness (QED) is 0.608. The van der Waals surface area contributed by atoms with Crippen LogP contribution >= 0.6 is 0 Å². The van der Waals surface area contributed by atoms with Gasteiger partial charge in [-0.1, -0.05) is 12.5 Å². The molecule has 0 atom stereocenters. The van der Waals surface area contributed by atoms with Crippen LogP contribution in [0, 0.1) is 0 Å². The average Bonchev–Trinajstić information content (AvgIpc) is 2.62. The highest BCUT2D eigenvalue weighted by Gasteiger charge is 2.30. The van der Waals surface area contributed by atoms with Crippen molar-refractivity contribution in [2.45, 2.75) is 25.7 Å². The number of carbonyl (C=O) groups is 1. The zero-order valence-electron chi connectivity index (χ0n) is 11.0. The molecule has 5 nitrogen and oxygen atoms in total. The molecule has 1 saturated heterocycles. The Bertz CT molecular complexity index is 620. The molecule has 2 aliphatic rings. The number of hydrogen-bond acceptors (Lipinski definition) is 4. The number of aromatic hydroxyl groups is 2. The standard InChI is InChI=1S/C15H16N2O3/c18-12-6-5-10(9-13(12)19)8-11-15(20)17-7-3-1-2-4-14(17)16-11/h5-6,8-9,18-19H,1-4,7H2/b11-8-. The van der Waals surface area contributed by atoms with Crippen molar-refractivity contribution in [1.82, 2.24) is 4.90 Å². The molecule has 2 aliphatic heterocycles. The molecule has 0 spiro atoms. The molecule has 1 fully saturated rings. The van der Waals surface area contributed by atoms with Gasteiger partial charge in [-0.3, -0.25) is 9.69 Å². The fourth-order valence-electron chi connectivity index (χ4n) is 2.54. The predicted molar refractivity (Wildman–Crippen MR) is 75.4 cm³/mol. The van der Waals surface area contributed by atoms with E-state index in [-0.39, 0.29) is 17.4 Å². The van der Waals surface area contributed by atoms with Crippen LogP contribution in [0.1, 0.15) is 31.2 Å². The Morgan fingerprint density at radius 1 is 1.15 bits per heavy atom. The molecular weight excluding hydrogens is 256 g/mol. The van der Waals surface area contributed by atoms with E-state index in [9.17, 15) is 15.0 Å². The second kappa shape index (κ2) is 5.00. The molecule has 0 saturated carbocycles. The third-order valence-electron chi connectivity index (χ3n) is 3.61. The van der Waals surface area contributed by atoms with Gasteiger partial charge < -0.3 is 10.2 Å². The van der Waals surface area contributed by atoms with Crippen LogP contribution in [0.3, 0.4) is 0 Å². The topological polar surface area (TPSA) is 73.1 Å². The maximum Gasteiger partial charge on any atom is 0.277 e. The Morgan fingerprint density at radius 3 is 2.80 bits per heavy atom. The van der Waals surface area contributed by atoms with E-state index in [1.807, 2.05) is 0 Å². The van der Waals surface area contributed by atoms with Crippen LogP contribution in [0.2, 0.25) is 0 Å². The predicted octanol–water partition coefficient (Wildman–Crippen LogP) is 2.25. The van der Waals surface area contributed by atoms with E-state index in [0.29, 0.717) is 11.3 Å². The van der Waals surface area contributed by atoms with Crippen LogP contribution in [-0.2, 0) is 4.79 Å². The van der Waals surface area contributed by atoms with Crippen LogP contribution in [0.5, 0.6) is 11.5 Å². The first kappa shape index (κ1) is 12.7. The lowest BCUT2D eigenvalue weighted by molar-refractivity contribution is -0.122. The molecule has 0 radical (unpaired) electrons. The smallest absolute Gasteiger partial charge is 0.277 e. The lowest BCUT2D eigenvalue weighted by Crippen LogP contribution is -2.31. The number of benzene rings is 1. The van der Waals surface area contributed by atoms with Gasteiger partial charge in [0.15, 0.2) is 11.5 Å². The summed E-state index contributed by atoms with van der Waals surface area (Å²) in [6.07, 6.45) is 5.69. The van der Waals surface area contributed by atoms with Gasteiger partial charge in [0, 0.05) is 13.0 Å². The minimum absolute atomic E-state index is 0.0746. The highest BCUT2D eigenvalue weighted by molar-refractivity contribution is 6.14. The lowest BCUT2D eigenvalue weighted by Gasteiger charge is -2.14. The SMILES string of the molecule is O=C1/C(=C/c2ccc(O)c(O)c2)N=C2CCCCCN12. The molecule has 1 amide bonds. The molecule has 5 heteroatoms. The molecule has 104 valence electrons.